The van der Waals surface area contributed by atoms with Gasteiger partial charge in [0.2, 0.25) is 0 Å². The molecule has 58 valence electrons. The van der Waals surface area contributed by atoms with Gasteiger partial charge >= 0.3 is 0 Å². The summed E-state index contributed by atoms with van der Waals surface area (Å²) >= 11 is 10.8. The standard InChI is InChI=1S/C5H11Cl2N.Ru/c6-4-2-1-3-5(7)8;/h5H,1-4,8H2;. The van der Waals surface area contributed by atoms with Gasteiger partial charge in [-0.15, -0.1) is 23.2 Å². The largest absolute Gasteiger partial charge is 0.315 e. The molecule has 0 fully saturated rings. The van der Waals surface area contributed by atoms with Crippen molar-refractivity contribution in [3.05, 3.63) is 0 Å². The zero-order valence-electron chi connectivity index (χ0n) is 5.09. The summed E-state index contributed by atoms with van der Waals surface area (Å²) in [5.41, 5.74) is 5.07. The molecule has 0 amide bonds. The average molecular weight is 257 g/mol. The molecule has 9 heavy (non-hydrogen) atoms. The van der Waals surface area contributed by atoms with Crippen LogP contribution in [0.2, 0.25) is 0 Å². The fraction of sp³-hybridized carbons (Fsp3) is 1.00. The van der Waals surface area contributed by atoms with Gasteiger partial charge in [0.15, 0.2) is 0 Å². The summed E-state index contributed by atoms with van der Waals surface area (Å²) in [5.74, 6) is 0.712. The van der Waals surface area contributed by atoms with E-state index in [2.05, 4.69) is 0 Å². The predicted molar refractivity (Wildman–Crippen MR) is 38.4 cm³/mol. The molecule has 1 atom stereocenters. The van der Waals surface area contributed by atoms with Crippen molar-refractivity contribution in [1.82, 2.24) is 0 Å². The number of halogens is 2. The van der Waals surface area contributed by atoms with Crippen molar-refractivity contribution in [2.45, 2.75) is 24.8 Å². The fourth-order valence-corrected chi connectivity index (χ4v) is 0.777. The Balaban J connectivity index is 0. The zero-order chi connectivity index (χ0) is 6.41. The molecule has 1 unspecified atom stereocenters. The van der Waals surface area contributed by atoms with Gasteiger partial charge in [0.25, 0.3) is 0 Å². The summed E-state index contributed by atoms with van der Waals surface area (Å²) in [6.45, 7) is 0. The molecule has 0 aliphatic rings. The third-order valence-corrected chi connectivity index (χ3v) is 1.35. The van der Waals surface area contributed by atoms with Crippen molar-refractivity contribution in [2.24, 2.45) is 5.73 Å². The minimum absolute atomic E-state index is 0. The summed E-state index contributed by atoms with van der Waals surface area (Å²) in [4.78, 5) is 0. The molecule has 4 heteroatoms. The molecule has 0 aromatic heterocycles. The van der Waals surface area contributed by atoms with Crippen molar-refractivity contribution < 1.29 is 19.5 Å². The predicted octanol–water partition coefficient (Wildman–Crippen LogP) is 1.92. The molecule has 0 bridgehead atoms. The molecular weight excluding hydrogens is 246 g/mol. The summed E-state index contributed by atoms with van der Waals surface area (Å²) in [7, 11) is 0. The SMILES string of the molecule is NC(Cl)CCCCCl.[Ru]. The van der Waals surface area contributed by atoms with Crippen LogP contribution in [0.4, 0.5) is 0 Å². The Morgan fingerprint density at radius 3 is 2.22 bits per heavy atom. The van der Waals surface area contributed by atoms with Crippen molar-refractivity contribution in [1.29, 1.82) is 0 Å². The smallest absolute Gasteiger partial charge is 0.0800 e. The quantitative estimate of drug-likeness (QED) is 0.354. The van der Waals surface area contributed by atoms with Crippen molar-refractivity contribution in [3.63, 3.8) is 0 Å². The van der Waals surface area contributed by atoms with Gasteiger partial charge in [-0.2, -0.15) is 0 Å². The minimum atomic E-state index is -0.182. The fourth-order valence-electron chi connectivity index (χ4n) is 0.434. The van der Waals surface area contributed by atoms with E-state index in [1.54, 1.807) is 0 Å². The second kappa shape index (κ2) is 9.16. The molecule has 0 radical (unpaired) electrons. The van der Waals surface area contributed by atoms with Gasteiger partial charge < -0.3 is 5.73 Å². The Bertz CT molecular complexity index is 52.2. The Morgan fingerprint density at radius 2 is 1.89 bits per heavy atom. The number of unbranched alkanes of at least 4 members (excludes halogenated alkanes) is 1. The van der Waals surface area contributed by atoms with E-state index in [1.165, 1.54) is 0 Å². The van der Waals surface area contributed by atoms with Crippen LogP contribution in [-0.4, -0.2) is 11.4 Å². The molecule has 0 aromatic rings. The number of nitrogens with two attached hydrogens (primary N) is 1. The van der Waals surface area contributed by atoms with Crippen LogP contribution < -0.4 is 5.73 Å². The topological polar surface area (TPSA) is 26.0 Å². The first-order valence-corrected chi connectivity index (χ1v) is 3.70. The van der Waals surface area contributed by atoms with Gasteiger partial charge in [-0.05, 0) is 19.3 Å². The van der Waals surface area contributed by atoms with E-state index in [0.29, 0.717) is 5.88 Å². The van der Waals surface area contributed by atoms with Gasteiger partial charge in [0, 0.05) is 25.4 Å². The molecule has 0 aliphatic carbocycles. The van der Waals surface area contributed by atoms with Gasteiger partial charge in [0.1, 0.15) is 0 Å². The molecule has 2 N–H and O–H groups in total. The number of hydrogen-bond donors (Lipinski definition) is 1. The molecule has 0 saturated heterocycles. The molecule has 0 saturated carbocycles. The van der Waals surface area contributed by atoms with E-state index in [4.69, 9.17) is 28.9 Å². The van der Waals surface area contributed by atoms with Crippen LogP contribution in [0.5, 0.6) is 0 Å². The maximum atomic E-state index is 5.45. The number of hydrogen-bond acceptors (Lipinski definition) is 1. The molecule has 1 nitrogen and oxygen atoms in total. The van der Waals surface area contributed by atoms with Gasteiger partial charge in [-0.3, -0.25) is 0 Å². The second-order valence-electron chi connectivity index (χ2n) is 1.70. The van der Waals surface area contributed by atoms with Crippen LogP contribution in [0.3, 0.4) is 0 Å². The van der Waals surface area contributed by atoms with Crippen LogP contribution >= 0.6 is 23.2 Å². The monoisotopic (exact) mass is 257 g/mol. The number of rotatable bonds is 4. The Hall–Kier alpha value is 1.16. The Labute approximate surface area is 79.0 Å². The van der Waals surface area contributed by atoms with Crippen molar-refractivity contribution >= 4 is 23.2 Å². The van der Waals surface area contributed by atoms with Gasteiger partial charge in [0.05, 0.1) is 5.50 Å². The van der Waals surface area contributed by atoms with Crippen LogP contribution in [0.15, 0.2) is 0 Å². The molecule has 0 rings (SSSR count). The summed E-state index contributed by atoms with van der Waals surface area (Å²) in [5, 5.41) is 0. The third-order valence-electron chi connectivity index (χ3n) is 0.864. The first-order chi connectivity index (χ1) is 3.77. The van der Waals surface area contributed by atoms with E-state index in [9.17, 15) is 0 Å². The molecule has 0 heterocycles. The maximum absolute atomic E-state index is 5.45. The molecule has 0 spiro atoms. The van der Waals surface area contributed by atoms with Crippen molar-refractivity contribution in [3.8, 4) is 0 Å². The van der Waals surface area contributed by atoms with Crippen molar-refractivity contribution in [2.75, 3.05) is 5.88 Å². The van der Waals surface area contributed by atoms with Gasteiger partial charge in [-0.1, -0.05) is 0 Å². The number of alkyl halides is 2. The zero-order valence-corrected chi connectivity index (χ0v) is 8.34. The first kappa shape index (κ1) is 12.8. The molecule has 0 aromatic carbocycles. The van der Waals surface area contributed by atoms with Crippen LogP contribution in [0, 0.1) is 0 Å². The van der Waals surface area contributed by atoms with E-state index in [1.807, 2.05) is 0 Å². The summed E-state index contributed by atoms with van der Waals surface area (Å²) in [6.07, 6.45) is 2.92. The third kappa shape index (κ3) is 12.4. The van der Waals surface area contributed by atoms with E-state index >= 15 is 0 Å². The van der Waals surface area contributed by atoms with Crippen LogP contribution in [0.1, 0.15) is 19.3 Å². The van der Waals surface area contributed by atoms with E-state index in [0.717, 1.165) is 19.3 Å². The van der Waals surface area contributed by atoms with Crippen LogP contribution in [0.25, 0.3) is 0 Å². The Morgan fingerprint density at radius 1 is 1.33 bits per heavy atom. The molecule has 0 aliphatic heterocycles. The van der Waals surface area contributed by atoms with Crippen LogP contribution in [-0.2, 0) is 19.5 Å². The maximum Gasteiger partial charge on any atom is 0.0800 e. The minimum Gasteiger partial charge on any atom is -0.315 e. The average Bonchev–Trinajstić information content (AvgIpc) is 1.66. The van der Waals surface area contributed by atoms with E-state index < -0.39 is 0 Å². The second-order valence-corrected chi connectivity index (χ2v) is 2.64. The van der Waals surface area contributed by atoms with Gasteiger partial charge in [-0.25, -0.2) is 0 Å². The van der Waals surface area contributed by atoms with E-state index in [-0.39, 0.29) is 25.0 Å². The summed E-state index contributed by atoms with van der Waals surface area (Å²) < 4.78 is 0. The molecular formula is C5H11Cl2NRu. The summed E-state index contributed by atoms with van der Waals surface area (Å²) in [6, 6.07) is 0. The Kier molecular flexibility index (Phi) is 13.0. The first-order valence-electron chi connectivity index (χ1n) is 2.73. The normalized spacial score (nSPS) is 12.3.